The Morgan fingerprint density at radius 2 is 1.70 bits per heavy atom. The van der Waals surface area contributed by atoms with Crippen molar-refractivity contribution in [3.63, 3.8) is 0 Å². The van der Waals surface area contributed by atoms with E-state index in [0.717, 1.165) is 55.2 Å². The Balaban J connectivity index is 1.47. The lowest BCUT2D eigenvalue weighted by atomic mass is 9.93. The Morgan fingerprint density at radius 1 is 0.963 bits per heavy atom. The van der Waals surface area contributed by atoms with Gasteiger partial charge in [-0.3, -0.25) is 4.90 Å². The van der Waals surface area contributed by atoms with E-state index in [0.29, 0.717) is 13.2 Å². The van der Waals surface area contributed by atoms with Crippen molar-refractivity contribution >= 4 is 0 Å². The molecular formula is C22H26N2O3. The van der Waals surface area contributed by atoms with Crippen molar-refractivity contribution in [1.82, 2.24) is 9.80 Å². The van der Waals surface area contributed by atoms with Crippen LogP contribution in [0, 0.1) is 0 Å². The van der Waals surface area contributed by atoms with Gasteiger partial charge in [0.25, 0.3) is 0 Å². The number of fused-ring (bicyclic) bond motifs is 4. The zero-order chi connectivity index (χ0) is 18.3. The summed E-state index contributed by atoms with van der Waals surface area (Å²) in [5.41, 5.74) is 3.15. The van der Waals surface area contributed by atoms with Gasteiger partial charge in [0.1, 0.15) is 12.4 Å². The molecule has 142 valence electrons. The smallest absolute Gasteiger partial charge is 0.226 e. The molecule has 1 spiro atoms. The van der Waals surface area contributed by atoms with Gasteiger partial charge in [-0.1, -0.05) is 36.4 Å². The number of hydrogen-bond donors (Lipinski definition) is 0. The zero-order valence-corrected chi connectivity index (χ0v) is 15.8. The van der Waals surface area contributed by atoms with Gasteiger partial charge in [0, 0.05) is 38.3 Å². The Morgan fingerprint density at radius 3 is 2.56 bits per heavy atom. The van der Waals surface area contributed by atoms with Crippen LogP contribution >= 0.6 is 0 Å². The largest absolute Gasteiger partial charge is 0.488 e. The highest BCUT2D eigenvalue weighted by Crippen LogP contribution is 2.47. The van der Waals surface area contributed by atoms with Gasteiger partial charge in [-0.05, 0) is 24.7 Å². The summed E-state index contributed by atoms with van der Waals surface area (Å²) in [6, 6.07) is 16.4. The summed E-state index contributed by atoms with van der Waals surface area (Å²) >= 11 is 0. The van der Waals surface area contributed by atoms with Crippen molar-refractivity contribution < 1.29 is 14.2 Å². The highest BCUT2D eigenvalue weighted by molar-refractivity contribution is 5.48. The second-order valence-corrected chi connectivity index (χ2v) is 7.71. The van der Waals surface area contributed by atoms with Crippen LogP contribution in [0.4, 0.5) is 0 Å². The van der Waals surface area contributed by atoms with Gasteiger partial charge >= 0.3 is 0 Å². The van der Waals surface area contributed by atoms with Gasteiger partial charge in [-0.2, -0.15) is 0 Å². The molecule has 5 rings (SSSR count). The van der Waals surface area contributed by atoms with Crippen LogP contribution in [0.1, 0.15) is 16.7 Å². The van der Waals surface area contributed by atoms with Crippen LogP contribution in [0.5, 0.6) is 5.75 Å². The van der Waals surface area contributed by atoms with Crippen molar-refractivity contribution in [2.75, 3.05) is 46.4 Å². The van der Waals surface area contributed by atoms with E-state index in [-0.39, 0.29) is 6.10 Å². The first-order chi connectivity index (χ1) is 13.2. The summed E-state index contributed by atoms with van der Waals surface area (Å²) in [5.74, 6) is -0.0325. The van der Waals surface area contributed by atoms with Gasteiger partial charge in [0.05, 0.1) is 18.3 Å². The van der Waals surface area contributed by atoms with Gasteiger partial charge < -0.3 is 19.1 Å². The standard InChI is InChI=1S/C22H26N2O3/c1-23-10-12-24(13-11-23)14-18-16-26-22(27-18)19-7-3-2-6-17(19)15-25-21-9-5-4-8-20(21)22/h2-9,18H,10-16H2,1H3. The van der Waals surface area contributed by atoms with E-state index in [9.17, 15) is 0 Å². The number of nitrogens with zero attached hydrogens (tertiary/aromatic N) is 2. The van der Waals surface area contributed by atoms with Crippen LogP contribution in [0.2, 0.25) is 0 Å². The Bertz CT molecular complexity index is 769. The minimum atomic E-state index is -0.874. The number of likely N-dealkylation sites (N-methyl/N-ethyl adjacent to an activating group) is 1. The number of benzene rings is 2. The summed E-state index contributed by atoms with van der Waals surface area (Å²) in [6.07, 6.45) is 0.0487. The molecule has 5 nitrogen and oxygen atoms in total. The van der Waals surface area contributed by atoms with Crippen LogP contribution in [0.3, 0.4) is 0 Å². The molecular weight excluding hydrogens is 340 g/mol. The number of para-hydroxylation sites is 1. The van der Waals surface area contributed by atoms with Gasteiger partial charge in [-0.15, -0.1) is 0 Å². The molecule has 2 fully saturated rings. The van der Waals surface area contributed by atoms with Crippen molar-refractivity contribution in [2.45, 2.75) is 18.5 Å². The van der Waals surface area contributed by atoms with E-state index in [1.807, 2.05) is 24.3 Å². The molecule has 3 heterocycles. The third-order valence-corrected chi connectivity index (χ3v) is 5.86. The number of hydrogen-bond acceptors (Lipinski definition) is 5. The van der Waals surface area contributed by atoms with Crippen molar-refractivity contribution in [3.05, 3.63) is 65.2 Å². The predicted octanol–water partition coefficient (Wildman–Crippen LogP) is 2.44. The molecule has 0 N–H and O–H groups in total. The molecule has 27 heavy (non-hydrogen) atoms. The van der Waals surface area contributed by atoms with E-state index < -0.39 is 5.79 Å². The third kappa shape index (κ3) is 3.05. The van der Waals surface area contributed by atoms with Crippen molar-refractivity contribution in [1.29, 1.82) is 0 Å². The lowest BCUT2D eigenvalue weighted by molar-refractivity contribution is -0.145. The molecule has 0 bridgehead atoms. The summed E-state index contributed by atoms with van der Waals surface area (Å²) < 4.78 is 19.2. The molecule has 0 aliphatic carbocycles. The summed E-state index contributed by atoms with van der Waals surface area (Å²) in [6.45, 7) is 6.41. The molecule has 2 atom stereocenters. The minimum absolute atomic E-state index is 0.0487. The van der Waals surface area contributed by atoms with Crippen LogP contribution in [-0.2, 0) is 21.9 Å². The summed E-state index contributed by atoms with van der Waals surface area (Å²) in [4.78, 5) is 4.86. The van der Waals surface area contributed by atoms with E-state index in [2.05, 4.69) is 41.1 Å². The highest BCUT2D eigenvalue weighted by Gasteiger charge is 2.49. The van der Waals surface area contributed by atoms with Gasteiger partial charge in [-0.25, -0.2) is 0 Å². The molecule has 2 saturated heterocycles. The van der Waals surface area contributed by atoms with Gasteiger partial charge in [0.2, 0.25) is 5.79 Å². The monoisotopic (exact) mass is 366 g/mol. The number of piperazine rings is 1. The molecule has 0 saturated carbocycles. The summed E-state index contributed by atoms with van der Waals surface area (Å²) in [5, 5.41) is 0. The fraction of sp³-hybridized carbons (Fsp3) is 0.455. The lowest BCUT2D eigenvalue weighted by Crippen LogP contribution is -2.47. The molecule has 2 aromatic rings. The van der Waals surface area contributed by atoms with Crippen LogP contribution < -0.4 is 4.74 Å². The van der Waals surface area contributed by atoms with Crippen LogP contribution in [-0.4, -0.2) is 62.3 Å². The van der Waals surface area contributed by atoms with Crippen LogP contribution in [0.15, 0.2) is 48.5 Å². The SMILES string of the molecule is CN1CCN(CC2COC3(O2)c2ccccc2COc2ccccc23)CC1. The number of rotatable bonds is 2. The van der Waals surface area contributed by atoms with E-state index in [1.165, 1.54) is 0 Å². The zero-order valence-electron chi connectivity index (χ0n) is 15.8. The van der Waals surface area contributed by atoms with Crippen molar-refractivity contribution in [3.8, 4) is 5.75 Å². The Labute approximate surface area is 160 Å². The average molecular weight is 366 g/mol. The van der Waals surface area contributed by atoms with Gasteiger partial charge in [0.15, 0.2) is 0 Å². The predicted molar refractivity (Wildman–Crippen MR) is 103 cm³/mol. The minimum Gasteiger partial charge on any atom is -0.488 e. The average Bonchev–Trinajstić information content (AvgIpc) is 3.07. The highest BCUT2D eigenvalue weighted by atomic mass is 16.7. The Hall–Kier alpha value is -1.92. The van der Waals surface area contributed by atoms with Crippen LogP contribution in [0.25, 0.3) is 0 Å². The third-order valence-electron chi connectivity index (χ3n) is 5.86. The van der Waals surface area contributed by atoms with E-state index >= 15 is 0 Å². The molecule has 5 heteroatoms. The molecule has 3 aliphatic heterocycles. The summed E-state index contributed by atoms with van der Waals surface area (Å²) in [7, 11) is 2.18. The first kappa shape index (κ1) is 17.2. The molecule has 3 aliphatic rings. The first-order valence-corrected chi connectivity index (χ1v) is 9.78. The molecule has 0 radical (unpaired) electrons. The first-order valence-electron chi connectivity index (χ1n) is 9.78. The van der Waals surface area contributed by atoms with E-state index in [1.54, 1.807) is 0 Å². The molecule has 0 amide bonds. The molecule has 2 aromatic carbocycles. The fourth-order valence-corrected chi connectivity index (χ4v) is 4.34. The second kappa shape index (κ2) is 6.91. The van der Waals surface area contributed by atoms with E-state index in [4.69, 9.17) is 14.2 Å². The maximum Gasteiger partial charge on any atom is 0.226 e. The maximum atomic E-state index is 6.69. The maximum absolute atomic E-state index is 6.69. The number of ether oxygens (including phenoxy) is 3. The van der Waals surface area contributed by atoms with Crippen molar-refractivity contribution in [2.24, 2.45) is 0 Å². The second-order valence-electron chi connectivity index (χ2n) is 7.71. The molecule has 0 aromatic heterocycles. The molecule has 2 unspecified atom stereocenters. The topological polar surface area (TPSA) is 34.2 Å². The fourth-order valence-electron chi connectivity index (χ4n) is 4.34. The normalized spacial score (nSPS) is 28.4. The Kier molecular flexibility index (Phi) is 4.40. The lowest BCUT2D eigenvalue weighted by Gasteiger charge is -2.34. The quantitative estimate of drug-likeness (QED) is 0.816.